The van der Waals surface area contributed by atoms with Gasteiger partial charge in [-0.3, -0.25) is 0 Å². The van der Waals surface area contributed by atoms with E-state index in [2.05, 4.69) is 21.6 Å². The molecule has 0 saturated heterocycles. The first-order chi connectivity index (χ1) is 14.4. The number of sulfone groups is 1. The smallest absolute Gasteiger partial charge is 0.223 e. The van der Waals surface area contributed by atoms with Gasteiger partial charge in [0.05, 0.1) is 16.7 Å². The summed E-state index contributed by atoms with van der Waals surface area (Å²) in [6.07, 6.45) is 6.99. The van der Waals surface area contributed by atoms with Gasteiger partial charge in [0.1, 0.15) is 16.0 Å². The average molecular weight is 488 g/mol. The first-order valence-corrected chi connectivity index (χ1v) is 13.9. The second-order valence-corrected chi connectivity index (χ2v) is 13.8. The third-order valence-corrected chi connectivity index (χ3v) is 8.84. The van der Waals surface area contributed by atoms with Crippen molar-refractivity contribution in [1.29, 1.82) is 0 Å². The summed E-state index contributed by atoms with van der Waals surface area (Å²) in [4.78, 5) is 8.71. The molecule has 2 atom stereocenters. The number of nitrogens with one attached hydrogen (secondary N) is 1. The summed E-state index contributed by atoms with van der Waals surface area (Å²) in [5, 5.41) is 1.52. The van der Waals surface area contributed by atoms with Gasteiger partial charge >= 0.3 is 0 Å². The Hall–Kier alpha value is -1.13. The lowest BCUT2D eigenvalue weighted by molar-refractivity contribution is 0.119. The minimum Gasteiger partial charge on any atom is -0.598 e. The van der Waals surface area contributed by atoms with Gasteiger partial charge in [0.15, 0.2) is 9.84 Å². The Kier molecular flexibility index (Phi) is 7.42. The normalized spacial score (nSPS) is 21.5. The van der Waals surface area contributed by atoms with Crippen molar-refractivity contribution in [2.75, 3.05) is 6.26 Å². The fraction of sp³-hybridized carbons (Fsp3) is 0.619. The minimum absolute atomic E-state index is 0.175. The van der Waals surface area contributed by atoms with Crippen LogP contribution in [-0.4, -0.2) is 45.3 Å². The topological polar surface area (TPSA) is 104 Å². The summed E-state index contributed by atoms with van der Waals surface area (Å²) < 4.78 is 45.0. The van der Waals surface area contributed by atoms with Crippen LogP contribution in [0, 0.1) is 0 Å². The van der Waals surface area contributed by atoms with Crippen LogP contribution >= 0.6 is 11.6 Å². The van der Waals surface area contributed by atoms with Crippen LogP contribution in [0.5, 0.6) is 5.88 Å². The van der Waals surface area contributed by atoms with Gasteiger partial charge < -0.3 is 9.29 Å². The Morgan fingerprint density at radius 2 is 1.97 bits per heavy atom. The number of ether oxygens (including phenoxy) is 1. The van der Waals surface area contributed by atoms with Crippen LogP contribution in [0.2, 0.25) is 5.15 Å². The predicted molar refractivity (Wildman–Crippen MR) is 126 cm³/mol. The van der Waals surface area contributed by atoms with Crippen molar-refractivity contribution in [2.24, 2.45) is 0 Å². The average Bonchev–Trinajstić information content (AvgIpc) is 2.61. The predicted octanol–water partition coefficient (Wildman–Crippen LogP) is 4.13. The molecule has 1 unspecified atom stereocenters. The molecule has 0 aliphatic heterocycles. The Bertz CT molecular complexity index is 1040. The highest BCUT2D eigenvalue weighted by molar-refractivity contribution is 7.91. The summed E-state index contributed by atoms with van der Waals surface area (Å²) in [6, 6.07) is 1.59. The summed E-state index contributed by atoms with van der Waals surface area (Å²) in [7, 11) is -3.05. The highest BCUT2D eigenvalue weighted by atomic mass is 35.5. The van der Waals surface area contributed by atoms with E-state index in [1.165, 1.54) is 6.26 Å². The lowest BCUT2D eigenvalue weighted by Crippen LogP contribution is -2.42. The van der Waals surface area contributed by atoms with Gasteiger partial charge in [-0.2, -0.15) is 0 Å². The lowest BCUT2D eigenvalue weighted by Gasteiger charge is -2.34. The molecule has 0 aromatic carbocycles. The van der Waals surface area contributed by atoms with E-state index in [9.17, 15) is 13.0 Å². The highest BCUT2D eigenvalue weighted by Gasteiger charge is 2.38. The molecule has 2 aromatic heterocycles. The maximum atomic E-state index is 12.8. The lowest BCUT2D eigenvalue weighted by atomic mass is 9.95. The molecule has 7 nitrogen and oxygen atoms in total. The van der Waals surface area contributed by atoms with Crippen molar-refractivity contribution >= 4 is 43.6 Å². The Labute approximate surface area is 192 Å². The number of halogens is 1. The molecule has 1 N–H and O–H groups in total. The van der Waals surface area contributed by atoms with Crippen molar-refractivity contribution in [3.05, 3.63) is 29.2 Å². The molecule has 1 aliphatic carbocycles. The summed E-state index contributed by atoms with van der Waals surface area (Å²) >= 11 is 4.95. The second-order valence-electron chi connectivity index (χ2n) is 9.07. The number of nitrogens with zero attached hydrogens (tertiary/aromatic N) is 2. The number of fused-ring (bicyclic) bond motifs is 1. The fourth-order valence-electron chi connectivity index (χ4n) is 3.47. The van der Waals surface area contributed by atoms with Gasteiger partial charge in [-0.15, -0.1) is 4.72 Å². The molecule has 1 fully saturated rings. The molecule has 31 heavy (non-hydrogen) atoms. The Morgan fingerprint density at radius 3 is 2.55 bits per heavy atom. The standard InChI is InChI=1S/C21H30ClN3O4S2/c1-6-7-18(25-30(26)21(2,3)4)16-11-24-20(17-12-23-19(22)10-15(16)17)29-13-8-14(9-13)31(5,27)28/h10-14,18,25H,6-9H2,1-5H3/t13-,14+,18-,30?/m1/s1. The molecule has 172 valence electrons. The van der Waals surface area contributed by atoms with Crippen LogP contribution in [0.3, 0.4) is 0 Å². The van der Waals surface area contributed by atoms with Crippen LogP contribution in [-0.2, 0) is 21.2 Å². The summed E-state index contributed by atoms with van der Waals surface area (Å²) in [5.41, 5.74) is 0.883. The van der Waals surface area contributed by atoms with Gasteiger partial charge in [0, 0.05) is 48.4 Å². The van der Waals surface area contributed by atoms with E-state index in [-0.39, 0.29) is 17.4 Å². The van der Waals surface area contributed by atoms with Gasteiger partial charge in [-0.05, 0) is 38.6 Å². The maximum absolute atomic E-state index is 12.8. The van der Waals surface area contributed by atoms with E-state index in [0.29, 0.717) is 29.3 Å². The molecule has 0 radical (unpaired) electrons. The molecule has 3 rings (SSSR count). The van der Waals surface area contributed by atoms with Crippen LogP contribution in [0.1, 0.15) is 65.0 Å². The molecule has 1 aliphatic rings. The number of pyridine rings is 2. The van der Waals surface area contributed by atoms with E-state index >= 15 is 0 Å². The second kappa shape index (κ2) is 9.39. The van der Waals surface area contributed by atoms with Crippen LogP contribution in [0.15, 0.2) is 18.5 Å². The molecule has 0 amide bonds. The van der Waals surface area contributed by atoms with E-state index in [4.69, 9.17) is 16.3 Å². The van der Waals surface area contributed by atoms with Crippen molar-refractivity contribution in [3.63, 3.8) is 0 Å². The zero-order valence-electron chi connectivity index (χ0n) is 18.5. The summed E-state index contributed by atoms with van der Waals surface area (Å²) in [6.45, 7) is 7.85. The first-order valence-electron chi connectivity index (χ1n) is 10.4. The van der Waals surface area contributed by atoms with E-state index < -0.39 is 25.9 Å². The largest absolute Gasteiger partial charge is 0.598 e. The number of hydrogen-bond donors (Lipinski definition) is 1. The molecule has 0 spiro atoms. The first kappa shape index (κ1) is 24.5. The number of aromatic nitrogens is 2. The van der Waals surface area contributed by atoms with Gasteiger partial charge in [0.25, 0.3) is 0 Å². The van der Waals surface area contributed by atoms with Crippen molar-refractivity contribution in [3.8, 4) is 5.88 Å². The van der Waals surface area contributed by atoms with E-state index in [1.54, 1.807) is 18.5 Å². The zero-order valence-corrected chi connectivity index (χ0v) is 20.9. The third-order valence-electron chi connectivity index (χ3n) is 5.43. The van der Waals surface area contributed by atoms with Crippen molar-refractivity contribution < 1.29 is 17.7 Å². The van der Waals surface area contributed by atoms with Crippen molar-refractivity contribution in [2.45, 2.75) is 75.5 Å². The quantitative estimate of drug-likeness (QED) is 0.440. The van der Waals surface area contributed by atoms with Gasteiger partial charge in [-0.1, -0.05) is 24.9 Å². The van der Waals surface area contributed by atoms with Crippen LogP contribution in [0.25, 0.3) is 10.8 Å². The Balaban J connectivity index is 1.92. The van der Waals surface area contributed by atoms with E-state index in [0.717, 1.165) is 23.8 Å². The molecule has 2 aromatic rings. The highest BCUT2D eigenvalue weighted by Crippen LogP contribution is 2.36. The van der Waals surface area contributed by atoms with Crippen LogP contribution in [0.4, 0.5) is 0 Å². The van der Waals surface area contributed by atoms with Gasteiger partial charge in [-0.25, -0.2) is 18.4 Å². The molecular formula is C21H30ClN3O4S2. The van der Waals surface area contributed by atoms with E-state index in [1.807, 2.05) is 20.8 Å². The third kappa shape index (κ3) is 5.82. The molecule has 2 heterocycles. The fourth-order valence-corrected chi connectivity index (χ4v) is 5.61. The molecule has 1 saturated carbocycles. The monoisotopic (exact) mass is 487 g/mol. The molecule has 10 heteroatoms. The SMILES string of the molecule is CCC[C@@H](N[S+]([O-])C(C)(C)C)c1cnc(O[C@H]2C[C@@H](S(C)(=O)=O)C2)c2cnc(Cl)cc12. The minimum atomic E-state index is -3.05. The maximum Gasteiger partial charge on any atom is 0.223 e. The number of rotatable bonds is 8. The van der Waals surface area contributed by atoms with Gasteiger partial charge in [0.2, 0.25) is 5.88 Å². The molecule has 0 bridgehead atoms. The zero-order chi connectivity index (χ0) is 23.0. The van der Waals surface area contributed by atoms with Crippen LogP contribution < -0.4 is 9.46 Å². The number of hydrogen-bond acceptors (Lipinski definition) is 7. The Morgan fingerprint density at radius 1 is 1.29 bits per heavy atom. The van der Waals surface area contributed by atoms with Crippen molar-refractivity contribution in [1.82, 2.24) is 14.7 Å². The summed E-state index contributed by atoms with van der Waals surface area (Å²) in [5.74, 6) is 0.409. The molecular weight excluding hydrogens is 458 g/mol.